The third-order valence-corrected chi connectivity index (χ3v) is 7.67. The van der Waals surface area contributed by atoms with Crippen molar-refractivity contribution in [2.45, 2.75) is 23.2 Å². The highest BCUT2D eigenvalue weighted by molar-refractivity contribution is 7.94. The van der Waals surface area contributed by atoms with Crippen LogP contribution in [0.25, 0.3) is 10.8 Å². The van der Waals surface area contributed by atoms with Gasteiger partial charge in [-0.15, -0.1) is 11.3 Å². The number of thiophene rings is 1. The minimum absolute atomic E-state index is 0.0432. The highest BCUT2D eigenvalue weighted by Crippen LogP contribution is 2.33. The van der Waals surface area contributed by atoms with Crippen LogP contribution >= 0.6 is 11.3 Å². The molecule has 3 heterocycles. The van der Waals surface area contributed by atoms with E-state index in [2.05, 4.69) is 9.71 Å². The molecule has 28 heavy (non-hydrogen) atoms. The van der Waals surface area contributed by atoms with E-state index in [1.165, 1.54) is 18.3 Å². The lowest BCUT2D eigenvalue weighted by atomic mass is 10.1. The van der Waals surface area contributed by atoms with E-state index in [4.69, 9.17) is 0 Å². The van der Waals surface area contributed by atoms with Crippen LogP contribution in [0.5, 0.6) is 5.88 Å². The van der Waals surface area contributed by atoms with Gasteiger partial charge in [-0.2, -0.15) is 0 Å². The van der Waals surface area contributed by atoms with Gasteiger partial charge >= 0.3 is 0 Å². The predicted molar refractivity (Wildman–Crippen MR) is 104 cm³/mol. The van der Waals surface area contributed by atoms with E-state index in [1.807, 2.05) is 4.90 Å². The van der Waals surface area contributed by atoms with E-state index >= 15 is 0 Å². The number of aliphatic hydroxyl groups excluding tert-OH is 1. The topological polar surface area (TPSA) is 106 Å². The molecule has 0 radical (unpaired) electrons. The molecule has 0 atom stereocenters. The Balaban J connectivity index is 1.60. The summed E-state index contributed by atoms with van der Waals surface area (Å²) >= 11 is 1.08. The van der Waals surface area contributed by atoms with Gasteiger partial charge in [-0.3, -0.25) is 9.71 Å². The van der Waals surface area contributed by atoms with Gasteiger partial charge in [-0.25, -0.2) is 12.8 Å². The minimum Gasteiger partial charge on any atom is -0.858 e. The van der Waals surface area contributed by atoms with Gasteiger partial charge in [0.15, 0.2) is 0 Å². The summed E-state index contributed by atoms with van der Waals surface area (Å²) in [5, 5.41) is 22.7. The number of pyridine rings is 1. The first-order valence-electron chi connectivity index (χ1n) is 8.64. The van der Waals surface area contributed by atoms with Crippen LogP contribution in [0.1, 0.15) is 12.8 Å². The fourth-order valence-corrected chi connectivity index (χ4v) is 5.55. The lowest BCUT2D eigenvalue weighted by molar-refractivity contribution is -0.272. The molecule has 148 valence electrons. The van der Waals surface area contributed by atoms with Crippen LogP contribution in [0.3, 0.4) is 0 Å². The molecular weight excluding hydrogens is 405 g/mol. The van der Waals surface area contributed by atoms with Crippen LogP contribution in [0.2, 0.25) is 0 Å². The maximum Gasteiger partial charge on any atom is 0.271 e. The molecule has 3 aromatic rings. The SMILES string of the molecule is O=S(=O)(Nc1cc2c([O-])nccc2cc1F)c1ccc(N2CCC(O)CC2)s1. The maximum absolute atomic E-state index is 14.4. The predicted octanol–water partition coefficient (Wildman–Crippen LogP) is 2.27. The Morgan fingerprint density at radius 1 is 1.25 bits per heavy atom. The second kappa shape index (κ2) is 7.19. The van der Waals surface area contributed by atoms with Crippen molar-refractivity contribution < 1.29 is 23.0 Å². The second-order valence-electron chi connectivity index (χ2n) is 6.59. The van der Waals surface area contributed by atoms with Crippen molar-refractivity contribution in [3.8, 4) is 5.88 Å². The number of aliphatic hydroxyl groups is 1. The third-order valence-electron chi connectivity index (χ3n) is 4.67. The summed E-state index contributed by atoms with van der Waals surface area (Å²) in [6.07, 6.45) is 2.22. The molecule has 1 fully saturated rings. The molecule has 2 N–H and O–H groups in total. The van der Waals surface area contributed by atoms with Crippen molar-refractivity contribution >= 4 is 42.8 Å². The van der Waals surface area contributed by atoms with Crippen molar-refractivity contribution in [1.29, 1.82) is 0 Å². The zero-order chi connectivity index (χ0) is 19.9. The van der Waals surface area contributed by atoms with E-state index in [9.17, 15) is 23.0 Å². The Labute approximate surface area is 165 Å². The van der Waals surface area contributed by atoms with E-state index in [0.29, 0.717) is 31.3 Å². The van der Waals surface area contributed by atoms with E-state index in [1.54, 1.807) is 6.07 Å². The minimum atomic E-state index is -4.02. The molecule has 1 aromatic carbocycles. The van der Waals surface area contributed by atoms with Crippen molar-refractivity contribution in [3.63, 3.8) is 0 Å². The molecule has 1 aliphatic heterocycles. The molecular formula is C18H17FN3O4S2-. The summed E-state index contributed by atoms with van der Waals surface area (Å²) in [6, 6.07) is 6.92. The van der Waals surface area contributed by atoms with Crippen LogP contribution in [-0.4, -0.2) is 37.7 Å². The number of sulfonamides is 1. The van der Waals surface area contributed by atoms with Crippen LogP contribution in [-0.2, 0) is 10.0 Å². The van der Waals surface area contributed by atoms with E-state index in [0.717, 1.165) is 28.5 Å². The first-order chi connectivity index (χ1) is 13.3. The molecule has 1 aliphatic rings. The molecule has 4 rings (SSSR count). The molecule has 7 nitrogen and oxygen atoms in total. The number of fused-ring (bicyclic) bond motifs is 1. The van der Waals surface area contributed by atoms with Gasteiger partial charge in [0, 0.05) is 19.3 Å². The Bertz CT molecular complexity index is 1130. The fourth-order valence-electron chi connectivity index (χ4n) is 3.15. The average Bonchev–Trinajstić information content (AvgIpc) is 3.15. The number of benzene rings is 1. The van der Waals surface area contributed by atoms with Crippen molar-refractivity contribution in [1.82, 2.24) is 4.98 Å². The first kappa shape index (κ1) is 18.9. The summed E-state index contributed by atoms with van der Waals surface area (Å²) in [6.45, 7) is 1.29. The number of aromatic nitrogens is 1. The van der Waals surface area contributed by atoms with Gasteiger partial charge in [-0.1, -0.05) is 0 Å². The summed E-state index contributed by atoms with van der Waals surface area (Å²) in [5.74, 6) is -1.33. The number of hydrogen-bond acceptors (Lipinski definition) is 7. The van der Waals surface area contributed by atoms with Gasteiger partial charge in [0.1, 0.15) is 10.0 Å². The van der Waals surface area contributed by atoms with Crippen LogP contribution in [0.15, 0.2) is 40.7 Å². The molecule has 2 aromatic heterocycles. The summed E-state index contributed by atoms with van der Waals surface area (Å²) in [7, 11) is -4.02. The summed E-state index contributed by atoms with van der Waals surface area (Å²) < 4.78 is 42.0. The normalized spacial score (nSPS) is 15.9. The van der Waals surface area contributed by atoms with Crippen LogP contribution < -0.4 is 14.7 Å². The standard InChI is InChI=1S/C18H18FN3O4S2/c19-14-9-11-3-6-20-18(24)13(11)10-15(14)21-28(25,26)17-2-1-16(27-17)22-7-4-12(23)5-8-22/h1-3,6,9-10,12,21,23H,4-5,7-8H2,(H,20,24)/p-1. The lowest BCUT2D eigenvalue weighted by Gasteiger charge is -2.30. The Morgan fingerprint density at radius 3 is 2.75 bits per heavy atom. The number of nitrogens with one attached hydrogen (secondary N) is 1. The Morgan fingerprint density at radius 2 is 2.00 bits per heavy atom. The fraction of sp³-hybridized carbons (Fsp3) is 0.278. The van der Waals surface area contributed by atoms with E-state index < -0.39 is 21.7 Å². The lowest BCUT2D eigenvalue weighted by Crippen LogP contribution is -2.35. The van der Waals surface area contributed by atoms with Gasteiger partial charge in [0.05, 0.1) is 16.8 Å². The monoisotopic (exact) mass is 422 g/mol. The molecule has 0 spiro atoms. The van der Waals surface area contributed by atoms with Crippen molar-refractivity contribution in [3.05, 3.63) is 42.3 Å². The highest BCUT2D eigenvalue weighted by Gasteiger charge is 2.23. The number of hydrogen-bond donors (Lipinski definition) is 2. The Hall–Kier alpha value is -2.43. The van der Waals surface area contributed by atoms with Gasteiger partial charge < -0.3 is 15.1 Å². The molecule has 0 saturated carbocycles. The molecule has 0 amide bonds. The zero-order valence-corrected chi connectivity index (χ0v) is 16.3. The first-order valence-corrected chi connectivity index (χ1v) is 10.9. The van der Waals surface area contributed by atoms with Crippen molar-refractivity contribution in [2.75, 3.05) is 22.7 Å². The smallest absolute Gasteiger partial charge is 0.271 e. The zero-order valence-electron chi connectivity index (χ0n) is 14.6. The van der Waals surface area contributed by atoms with Gasteiger partial charge in [0.25, 0.3) is 10.0 Å². The highest BCUT2D eigenvalue weighted by atomic mass is 32.2. The molecule has 0 unspecified atom stereocenters. The number of rotatable bonds is 4. The van der Waals surface area contributed by atoms with E-state index in [-0.39, 0.29) is 21.4 Å². The Kier molecular flexibility index (Phi) is 4.86. The number of piperidine rings is 1. The largest absolute Gasteiger partial charge is 0.858 e. The summed E-state index contributed by atoms with van der Waals surface area (Å²) in [4.78, 5) is 5.63. The number of anilines is 2. The summed E-state index contributed by atoms with van der Waals surface area (Å²) in [5.41, 5.74) is -0.298. The average molecular weight is 422 g/mol. The van der Waals surface area contributed by atoms with Crippen LogP contribution in [0.4, 0.5) is 15.1 Å². The van der Waals surface area contributed by atoms with Crippen molar-refractivity contribution in [2.24, 2.45) is 0 Å². The number of nitrogens with zero attached hydrogens (tertiary/aromatic N) is 2. The molecule has 0 aliphatic carbocycles. The van der Waals surface area contributed by atoms with Gasteiger partial charge in [0.2, 0.25) is 0 Å². The second-order valence-corrected chi connectivity index (χ2v) is 9.56. The third kappa shape index (κ3) is 3.62. The molecule has 0 bridgehead atoms. The maximum atomic E-state index is 14.4. The molecule has 1 saturated heterocycles. The quantitative estimate of drug-likeness (QED) is 0.668. The van der Waals surface area contributed by atoms with Gasteiger partial charge in [-0.05, 0) is 59.8 Å². The van der Waals surface area contributed by atoms with Crippen LogP contribution in [0, 0.1) is 5.82 Å². The number of halogens is 1. The molecule has 10 heteroatoms.